The number of anilines is 1. The van der Waals surface area contributed by atoms with Crippen LogP contribution in [0, 0.1) is 17.0 Å². The quantitative estimate of drug-likeness (QED) is 0.617. The molecular formula is C17H15ClN2O5. The molecule has 2 rings (SSSR count). The van der Waals surface area contributed by atoms with E-state index in [-0.39, 0.29) is 16.8 Å². The van der Waals surface area contributed by atoms with Crippen LogP contribution in [0.4, 0.5) is 11.4 Å². The first-order valence-corrected chi connectivity index (χ1v) is 7.67. The van der Waals surface area contributed by atoms with E-state index in [4.69, 9.17) is 11.6 Å². The summed E-state index contributed by atoms with van der Waals surface area (Å²) in [5.74, 6) is -2.48. The molecule has 0 bridgehead atoms. The van der Waals surface area contributed by atoms with Gasteiger partial charge in [-0.05, 0) is 43.2 Å². The number of nitrogens with one attached hydrogen (secondary N) is 1. The van der Waals surface area contributed by atoms with Crippen LogP contribution in [0.5, 0.6) is 0 Å². The Morgan fingerprint density at radius 2 is 1.92 bits per heavy atom. The number of carboxylic acids is 1. The van der Waals surface area contributed by atoms with Crippen LogP contribution in [0.15, 0.2) is 36.4 Å². The number of aromatic carboxylic acids is 1. The minimum Gasteiger partial charge on any atom is -0.478 e. The summed E-state index contributed by atoms with van der Waals surface area (Å²) >= 11 is 5.91. The van der Waals surface area contributed by atoms with Crippen molar-refractivity contribution in [2.75, 3.05) is 5.32 Å². The fourth-order valence-corrected chi connectivity index (χ4v) is 2.51. The van der Waals surface area contributed by atoms with Crippen LogP contribution in [-0.2, 0) is 4.79 Å². The van der Waals surface area contributed by atoms with Crippen molar-refractivity contribution in [1.29, 1.82) is 0 Å². The van der Waals surface area contributed by atoms with Crippen LogP contribution < -0.4 is 5.32 Å². The summed E-state index contributed by atoms with van der Waals surface area (Å²) in [5, 5.41) is 23.1. The predicted octanol–water partition coefficient (Wildman–Crippen LogP) is 4.00. The van der Waals surface area contributed by atoms with Gasteiger partial charge in [-0.2, -0.15) is 0 Å². The number of rotatable bonds is 5. The fourth-order valence-electron chi connectivity index (χ4n) is 2.33. The number of carboxylic acid groups (broad SMARTS) is 1. The van der Waals surface area contributed by atoms with Gasteiger partial charge in [0.25, 0.3) is 5.69 Å². The average molecular weight is 363 g/mol. The van der Waals surface area contributed by atoms with E-state index < -0.39 is 22.7 Å². The lowest BCUT2D eigenvalue weighted by atomic mass is 9.94. The molecule has 2 aromatic carbocycles. The normalized spacial score (nSPS) is 11.6. The van der Waals surface area contributed by atoms with Crippen molar-refractivity contribution in [3.63, 3.8) is 0 Å². The molecule has 0 radical (unpaired) electrons. The highest BCUT2D eigenvalue weighted by Crippen LogP contribution is 2.27. The first kappa shape index (κ1) is 18.4. The monoisotopic (exact) mass is 362 g/mol. The van der Waals surface area contributed by atoms with Crippen molar-refractivity contribution >= 4 is 34.9 Å². The van der Waals surface area contributed by atoms with Gasteiger partial charge in [0.05, 0.1) is 22.1 Å². The maximum atomic E-state index is 12.5. The SMILES string of the molecule is Cc1ccc([N+](=O)[O-])cc1NC(=O)C(C)c1cc(Cl)ccc1C(=O)O. The standard InChI is InChI=1S/C17H15ClN2O5/c1-9-3-5-12(20(24)25)8-15(9)19-16(21)10(2)14-7-11(18)4-6-13(14)17(22)23/h3-8,10H,1-2H3,(H,19,21)(H,22,23). The van der Waals surface area contributed by atoms with Gasteiger partial charge >= 0.3 is 5.97 Å². The van der Waals surface area contributed by atoms with Gasteiger partial charge in [0.1, 0.15) is 0 Å². The lowest BCUT2D eigenvalue weighted by Gasteiger charge is -2.16. The fraction of sp³-hybridized carbons (Fsp3) is 0.176. The number of benzene rings is 2. The summed E-state index contributed by atoms with van der Waals surface area (Å²) in [6.45, 7) is 3.24. The van der Waals surface area contributed by atoms with Gasteiger partial charge in [-0.25, -0.2) is 4.79 Å². The number of nitro groups is 1. The molecule has 0 saturated carbocycles. The molecule has 1 atom stereocenters. The van der Waals surface area contributed by atoms with Crippen molar-refractivity contribution in [1.82, 2.24) is 0 Å². The minimum atomic E-state index is -1.17. The molecule has 0 aromatic heterocycles. The second-order valence-corrected chi connectivity index (χ2v) is 5.94. The summed E-state index contributed by atoms with van der Waals surface area (Å²) in [6.07, 6.45) is 0. The predicted molar refractivity (Wildman–Crippen MR) is 93.3 cm³/mol. The van der Waals surface area contributed by atoms with E-state index in [9.17, 15) is 24.8 Å². The second-order valence-electron chi connectivity index (χ2n) is 5.50. The van der Waals surface area contributed by atoms with Crippen molar-refractivity contribution in [3.05, 3.63) is 68.2 Å². The molecule has 2 aromatic rings. The zero-order valence-corrected chi connectivity index (χ0v) is 14.2. The van der Waals surface area contributed by atoms with E-state index in [0.717, 1.165) is 0 Å². The second kappa shape index (κ2) is 7.31. The Hall–Kier alpha value is -2.93. The van der Waals surface area contributed by atoms with Gasteiger partial charge in [0.15, 0.2) is 0 Å². The Labute approximate surface area is 148 Å². The molecule has 0 heterocycles. The molecule has 0 aliphatic rings. The molecule has 25 heavy (non-hydrogen) atoms. The van der Waals surface area contributed by atoms with E-state index >= 15 is 0 Å². The summed E-state index contributed by atoms with van der Waals surface area (Å²) in [5.41, 5.74) is 1.03. The van der Waals surface area contributed by atoms with Crippen molar-refractivity contribution < 1.29 is 19.6 Å². The van der Waals surface area contributed by atoms with E-state index in [1.54, 1.807) is 13.8 Å². The maximum Gasteiger partial charge on any atom is 0.335 e. The van der Waals surface area contributed by atoms with E-state index in [0.29, 0.717) is 16.3 Å². The summed E-state index contributed by atoms with van der Waals surface area (Å²) < 4.78 is 0. The minimum absolute atomic E-state index is 0.0252. The van der Waals surface area contributed by atoms with Crippen molar-refractivity contribution in [3.8, 4) is 0 Å². The molecule has 0 aliphatic heterocycles. The molecule has 130 valence electrons. The number of hydrogen-bond acceptors (Lipinski definition) is 4. The van der Waals surface area contributed by atoms with E-state index in [1.807, 2.05) is 0 Å². The van der Waals surface area contributed by atoms with Gasteiger partial charge in [-0.3, -0.25) is 14.9 Å². The Balaban J connectivity index is 2.33. The Bertz CT molecular complexity index is 866. The highest BCUT2D eigenvalue weighted by atomic mass is 35.5. The molecular weight excluding hydrogens is 348 g/mol. The third kappa shape index (κ3) is 4.13. The van der Waals surface area contributed by atoms with Gasteiger partial charge in [-0.15, -0.1) is 0 Å². The average Bonchev–Trinajstić information content (AvgIpc) is 2.55. The smallest absolute Gasteiger partial charge is 0.335 e. The molecule has 1 amide bonds. The van der Waals surface area contributed by atoms with Crippen LogP contribution in [-0.4, -0.2) is 21.9 Å². The summed E-state index contributed by atoms with van der Waals surface area (Å²) in [7, 11) is 0. The highest BCUT2D eigenvalue weighted by Gasteiger charge is 2.23. The Morgan fingerprint density at radius 1 is 1.24 bits per heavy atom. The van der Waals surface area contributed by atoms with Gasteiger partial charge in [0.2, 0.25) is 5.91 Å². The number of halogens is 1. The third-order valence-corrected chi connectivity index (χ3v) is 4.03. The number of amides is 1. The molecule has 7 nitrogen and oxygen atoms in total. The molecule has 1 unspecified atom stereocenters. The number of carbonyl (C=O) groups is 2. The largest absolute Gasteiger partial charge is 0.478 e. The molecule has 8 heteroatoms. The van der Waals surface area contributed by atoms with Crippen LogP contribution in [0.1, 0.15) is 34.3 Å². The van der Waals surface area contributed by atoms with E-state index in [2.05, 4.69) is 5.32 Å². The molecule has 0 spiro atoms. The van der Waals surface area contributed by atoms with Crippen LogP contribution in [0.2, 0.25) is 5.02 Å². The topological polar surface area (TPSA) is 110 Å². The van der Waals surface area contributed by atoms with Gasteiger partial charge < -0.3 is 10.4 Å². The molecule has 0 fully saturated rings. The Kier molecular flexibility index (Phi) is 5.38. The number of carbonyl (C=O) groups excluding carboxylic acids is 1. The number of non-ortho nitro benzene ring substituents is 1. The number of nitrogens with zero attached hydrogens (tertiary/aromatic N) is 1. The lowest BCUT2D eigenvalue weighted by molar-refractivity contribution is -0.384. The maximum absolute atomic E-state index is 12.5. The highest BCUT2D eigenvalue weighted by molar-refractivity contribution is 6.30. The van der Waals surface area contributed by atoms with Crippen molar-refractivity contribution in [2.45, 2.75) is 19.8 Å². The van der Waals surface area contributed by atoms with Gasteiger partial charge in [-0.1, -0.05) is 17.7 Å². The molecule has 0 aliphatic carbocycles. The van der Waals surface area contributed by atoms with E-state index in [1.165, 1.54) is 36.4 Å². The molecule has 2 N–H and O–H groups in total. The van der Waals surface area contributed by atoms with Gasteiger partial charge in [0, 0.05) is 17.2 Å². The van der Waals surface area contributed by atoms with Crippen molar-refractivity contribution in [2.24, 2.45) is 0 Å². The number of nitro benzene ring substituents is 1. The Morgan fingerprint density at radius 3 is 2.52 bits per heavy atom. The number of hydrogen-bond donors (Lipinski definition) is 2. The lowest BCUT2D eigenvalue weighted by Crippen LogP contribution is -2.21. The van der Waals surface area contributed by atoms with Crippen LogP contribution >= 0.6 is 11.6 Å². The van der Waals surface area contributed by atoms with Crippen LogP contribution in [0.3, 0.4) is 0 Å². The zero-order valence-electron chi connectivity index (χ0n) is 13.4. The number of aryl methyl sites for hydroxylation is 1. The first-order valence-electron chi connectivity index (χ1n) is 7.29. The first-order chi connectivity index (χ1) is 11.7. The third-order valence-electron chi connectivity index (χ3n) is 3.79. The summed E-state index contributed by atoms with van der Waals surface area (Å²) in [6, 6.07) is 8.33. The van der Waals surface area contributed by atoms with Crippen LogP contribution in [0.25, 0.3) is 0 Å². The summed E-state index contributed by atoms with van der Waals surface area (Å²) in [4.78, 5) is 34.2. The zero-order chi connectivity index (χ0) is 18.7. The molecule has 0 saturated heterocycles.